The summed E-state index contributed by atoms with van der Waals surface area (Å²) in [5, 5.41) is 0. The Morgan fingerprint density at radius 2 is 1.76 bits per heavy atom. The molecule has 1 radical (unpaired) electrons. The van der Waals surface area contributed by atoms with Crippen LogP contribution in [0.15, 0.2) is 12.7 Å². The van der Waals surface area contributed by atoms with Crippen LogP contribution in [0.25, 0.3) is 0 Å². The van der Waals surface area contributed by atoms with Crippen LogP contribution in [0.2, 0.25) is 39.3 Å². The predicted octanol–water partition coefficient (Wildman–Crippen LogP) is 4.61. The Labute approximate surface area is 110 Å². The highest BCUT2D eigenvalue weighted by atomic mass is 28.4. The summed E-state index contributed by atoms with van der Waals surface area (Å²) < 4.78 is 6.05. The molecule has 0 N–H and O–H groups in total. The van der Waals surface area contributed by atoms with Crippen LogP contribution in [-0.2, 0) is 4.43 Å². The maximum atomic E-state index is 6.05. The molecule has 0 heterocycles. The summed E-state index contributed by atoms with van der Waals surface area (Å²) in [6, 6.07) is 0. The van der Waals surface area contributed by atoms with Crippen LogP contribution in [-0.4, -0.2) is 16.4 Å². The van der Waals surface area contributed by atoms with Gasteiger partial charge in [0.1, 0.15) is 8.07 Å². The second-order valence-corrected chi connectivity index (χ2v) is 15.5. The van der Waals surface area contributed by atoms with Crippen LogP contribution in [0.5, 0.6) is 0 Å². The van der Waals surface area contributed by atoms with Crippen LogP contribution in [0.1, 0.15) is 19.3 Å². The third-order valence-corrected chi connectivity index (χ3v) is 3.55. The van der Waals surface area contributed by atoms with Crippen molar-refractivity contribution in [2.24, 2.45) is 0 Å². The van der Waals surface area contributed by atoms with E-state index in [0.717, 1.165) is 25.4 Å². The normalized spacial score (nSPS) is 12.2. The molecule has 0 amide bonds. The molecule has 1 nitrogen and oxygen atoms in total. The first kappa shape index (κ1) is 16.7. The predicted molar refractivity (Wildman–Crippen MR) is 82.8 cm³/mol. The maximum Gasteiger partial charge on any atom is 0.186 e. The van der Waals surface area contributed by atoms with Gasteiger partial charge in [-0.15, -0.1) is 12.1 Å². The number of hydrogen-bond acceptors (Lipinski definition) is 1. The monoisotopic (exact) mass is 267 g/mol. The van der Waals surface area contributed by atoms with Crippen molar-refractivity contribution < 1.29 is 4.43 Å². The van der Waals surface area contributed by atoms with Crippen molar-refractivity contribution in [2.45, 2.75) is 58.5 Å². The summed E-state index contributed by atoms with van der Waals surface area (Å²) >= 11 is 0. The van der Waals surface area contributed by atoms with E-state index in [4.69, 9.17) is 4.43 Å². The van der Waals surface area contributed by atoms with E-state index in [1.54, 1.807) is 0 Å². The van der Waals surface area contributed by atoms with Crippen molar-refractivity contribution >= 4 is 16.4 Å². The molecule has 0 aromatic carbocycles. The van der Waals surface area contributed by atoms with Gasteiger partial charge in [0, 0.05) is 0 Å². The van der Waals surface area contributed by atoms with Crippen LogP contribution in [0.3, 0.4) is 0 Å². The molecule has 17 heavy (non-hydrogen) atoms. The fourth-order valence-electron chi connectivity index (χ4n) is 1.17. The van der Waals surface area contributed by atoms with E-state index in [2.05, 4.69) is 57.3 Å². The van der Waals surface area contributed by atoms with E-state index in [9.17, 15) is 0 Å². The molecule has 0 unspecified atom stereocenters. The van der Waals surface area contributed by atoms with Gasteiger partial charge in [0.2, 0.25) is 0 Å². The average Bonchev–Trinajstić information content (AvgIpc) is 2.11. The van der Waals surface area contributed by atoms with E-state index in [-0.39, 0.29) is 0 Å². The Kier molecular flexibility index (Phi) is 7.07. The zero-order valence-electron chi connectivity index (χ0n) is 12.3. The Hall–Kier alpha value is -0.306. The highest BCUT2D eigenvalue weighted by Gasteiger charge is 2.21. The standard InChI is InChI=1S/C14H27OSi2/c1-8-9-10-11-14(15-17(5,6)7)12-13-16(2,3)4/h8H,1,9-11H2,2-7H3. The fourth-order valence-corrected chi connectivity index (χ4v) is 2.58. The van der Waals surface area contributed by atoms with Crippen molar-refractivity contribution in [1.82, 2.24) is 0 Å². The average molecular weight is 268 g/mol. The second-order valence-electron chi connectivity index (χ2n) is 6.32. The molecule has 0 spiro atoms. The number of hydrogen-bond donors (Lipinski definition) is 0. The van der Waals surface area contributed by atoms with Gasteiger partial charge >= 0.3 is 0 Å². The molecule has 0 aliphatic carbocycles. The molecule has 0 aromatic heterocycles. The number of rotatable bonds is 6. The van der Waals surface area contributed by atoms with Gasteiger partial charge in [-0.05, 0) is 38.9 Å². The molecular formula is C14H27OSi2. The lowest BCUT2D eigenvalue weighted by atomic mass is 10.1. The fraction of sp³-hybridized carbons (Fsp3) is 0.643. The van der Waals surface area contributed by atoms with Gasteiger partial charge in [-0.3, -0.25) is 0 Å². The summed E-state index contributed by atoms with van der Waals surface area (Å²) in [5.74, 6) is 3.28. The molecular weight excluding hydrogens is 240 g/mol. The van der Waals surface area contributed by atoms with Gasteiger partial charge in [0.05, 0.1) is 0 Å². The molecule has 0 aliphatic rings. The van der Waals surface area contributed by atoms with Gasteiger partial charge in [-0.25, -0.2) is 0 Å². The molecule has 0 fully saturated rings. The lowest BCUT2D eigenvalue weighted by molar-refractivity contribution is 0.338. The third-order valence-electron chi connectivity index (χ3n) is 1.82. The van der Waals surface area contributed by atoms with E-state index in [0.29, 0.717) is 0 Å². The zero-order chi connectivity index (χ0) is 13.5. The van der Waals surface area contributed by atoms with Crippen molar-refractivity contribution in [1.29, 1.82) is 0 Å². The lowest BCUT2D eigenvalue weighted by Crippen LogP contribution is -2.28. The Morgan fingerprint density at radius 1 is 1.18 bits per heavy atom. The Bertz CT molecular complexity index is 286. The summed E-state index contributed by atoms with van der Waals surface area (Å²) in [6.45, 7) is 17.1. The third kappa shape index (κ3) is 11.9. The maximum absolute atomic E-state index is 6.05. The zero-order valence-corrected chi connectivity index (χ0v) is 14.3. The van der Waals surface area contributed by atoms with E-state index >= 15 is 0 Å². The molecule has 0 aliphatic heterocycles. The van der Waals surface area contributed by atoms with Crippen LogP contribution in [0.4, 0.5) is 0 Å². The minimum atomic E-state index is -1.53. The minimum absolute atomic E-state index is 0.952. The smallest absolute Gasteiger partial charge is 0.186 e. The number of unbranched alkanes of at least 4 members (excludes halogenated alkanes) is 1. The quantitative estimate of drug-likeness (QED) is 0.296. The van der Waals surface area contributed by atoms with Gasteiger partial charge in [-0.2, -0.15) is 0 Å². The first-order valence-corrected chi connectivity index (χ1v) is 13.2. The van der Waals surface area contributed by atoms with Gasteiger partial charge < -0.3 is 4.43 Å². The molecule has 0 saturated heterocycles. The molecule has 97 valence electrons. The highest BCUT2D eigenvalue weighted by Crippen LogP contribution is 2.18. The summed E-state index contributed by atoms with van der Waals surface area (Å²) in [6.07, 6.45) is 6.02. The summed E-state index contributed by atoms with van der Waals surface area (Å²) in [4.78, 5) is 0. The second kappa shape index (κ2) is 7.20. The molecule has 0 rings (SSSR count). The van der Waals surface area contributed by atoms with Crippen molar-refractivity contribution in [3.8, 4) is 11.5 Å². The molecule has 0 aromatic rings. The minimum Gasteiger partial charge on any atom is -0.399 e. The highest BCUT2D eigenvalue weighted by molar-refractivity contribution is 6.83. The van der Waals surface area contributed by atoms with E-state index < -0.39 is 16.4 Å². The van der Waals surface area contributed by atoms with Crippen LogP contribution in [0, 0.1) is 17.6 Å². The number of allylic oxidation sites excluding steroid dienone is 1. The SMILES string of the molecule is C=CCCC[C](C#C[Si](C)(C)C)O[Si](C)(C)C. The Morgan fingerprint density at radius 3 is 2.18 bits per heavy atom. The first-order chi connectivity index (χ1) is 7.64. The summed E-state index contributed by atoms with van der Waals surface area (Å²) in [5.41, 5.74) is 3.39. The van der Waals surface area contributed by atoms with Crippen LogP contribution < -0.4 is 0 Å². The Balaban J connectivity index is 4.49. The van der Waals surface area contributed by atoms with E-state index in [1.165, 1.54) is 0 Å². The topological polar surface area (TPSA) is 9.23 Å². The molecule has 3 heteroatoms. The molecule has 0 bridgehead atoms. The van der Waals surface area contributed by atoms with Gasteiger partial charge in [0.15, 0.2) is 14.4 Å². The van der Waals surface area contributed by atoms with Crippen molar-refractivity contribution in [3.05, 3.63) is 18.8 Å². The molecule has 0 saturated carbocycles. The van der Waals surface area contributed by atoms with E-state index in [1.807, 2.05) is 6.08 Å². The molecule has 0 atom stereocenters. The van der Waals surface area contributed by atoms with Crippen molar-refractivity contribution in [2.75, 3.05) is 0 Å². The lowest BCUT2D eigenvalue weighted by Gasteiger charge is -2.22. The summed E-state index contributed by atoms with van der Waals surface area (Å²) in [7, 11) is -2.84. The van der Waals surface area contributed by atoms with Gasteiger partial charge in [-0.1, -0.05) is 31.6 Å². The largest absolute Gasteiger partial charge is 0.399 e. The first-order valence-electron chi connectivity index (χ1n) is 6.33. The van der Waals surface area contributed by atoms with Gasteiger partial charge in [0.25, 0.3) is 0 Å². The van der Waals surface area contributed by atoms with Crippen LogP contribution >= 0.6 is 0 Å². The van der Waals surface area contributed by atoms with Crippen molar-refractivity contribution in [3.63, 3.8) is 0 Å².